The van der Waals surface area contributed by atoms with Crippen LogP contribution in [0.15, 0.2) is 59.7 Å². The van der Waals surface area contributed by atoms with Gasteiger partial charge in [0.1, 0.15) is 4.05 Å². The van der Waals surface area contributed by atoms with Crippen molar-refractivity contribution in [3.63, 3.8) is 0 Å². The maximum atomic E-state index is 8.87. The normalized spacial score (nSPS) is 12.0. The maximum absolute atomic E-state index is 8.87. The van der Waals surface area contributed by atoms with E-state index >= 15 is 0 Å². The van der Waals surface area contributed by atoms with Gasteiger partial charge in [0.25, 0.3) is 0 Å². The van der Waals surface area contributed by atoms with Crippen molar-refractivity contribution in [2.45, 2.75) is 4.05 Å². The molecule has 0 aliphatic carbocycles. The van der Waals surface area contributed by atoms with Crippen LogP contribution in [0.25, 0.3) is 0 Å². The predicted molar refractivity (Wildman–Crippen MR) is 85.1 cm³/mol. The summed E-state index contributed by atoms with van der Waals surface area (Å²) >= 11 is 2.25. The molecule has 1 atom stereocenters. The second-order valence-electron chi connectivity index (χ2n) is 3.90. The highest BCUT2D eigenvalue weighted by atomic mass is 127. The Kier molecular flexibility index (Phi) is 4.93. The molecule has 1 unspecified atom stereocenters. The first kappa shape index (κ1) is 13.6. The van der Waals surface area contributed by atoms with Gasteiger partial charge in [-0.05, 0) is 23.3 Å². The van der Waals surface area contributed by atoms with Crippen LogP contribution in [0.5, 0.6) is 0 Å². The molecule has 0 aliphatic heterocycles. The van der Waals surface area contributed by atoms with E-state index in [9.17, 15) is 0 Å². The van der Waals surface area contributed by atoms with Crippen molar-refractivity contribution in [3.8, 4) is 6.07 Å². The van der Waals surface area contributed by atoms with E-state index in [0.29, 0.717) is 5.56 Å². The lowest BCUT2D eigenvalue weighted by Crippen LogP contribution is -2.09. The molecule has 4 heteroatoms. The Hall–Kier alpha value is -1.87. The van der Waals surface area contributed by atoms with Gasteiger partial charge in [0.2, 0.25) is 0 Å². The summed E-state index contributed by atoms with van der Waals surface area (Å²) in [5.41, 5.74) is 5.78. The van der Waals surface area contributed by atoms with E-state index in [4.69, 9.17) is 5.26 Å². The second kappa shape index (κ2) is 6.90. The fraction of sp³-hybridized carbons (Fsp3) is 0.0667. The van der Waals surface area contributed by atoms with Crippen LogP contribution in [-0.2, 0) is 0 Å². The first-order chi connectivity index (χ1) is 9.29. The Balaban J connectivity index is 1.99. The fourth-order valence-corrected chi connectivity index (χ4v) is 2.10. The van der Waals surface area contributed by atoms with Crippen LogP contribution in [0.1, 0.15) is 20.7 Å². The summed E-state index contributed by atoms with van der Waals surface area (Å²) < 4.78 is 0.0332. The highest BCUT2D eigenvalue weighted by molar-refractivity contribution is 14.1. The van der Waals surface area contributed by atoms with Crippen LogP contribution < -0.4 is 5.43 Å². The molecular weight excluding hydrogens is 349 g/mol. The zero-order valence-corrected chi connectivity index (χ0v) is 12.3. The Morgan fingerprint density at radius 1 is 1.16 bits per heavy atom. The average molecular weight is 361 g/mol. The van der Waals surface area contributed by atoms with Crippen molar-refractivity contribution in [1.82, 2.24) is 5.43 Å². The highest BCUT2D eigenvalue weighted by Gasteiger charge is 2.05. The van der Waals surface area contributed by atoms with Crippen LogP contribution in [-0.4, -0.2) is 6.21 Å². The number of hydrogen-bond acceptors (Lipinski definition) is 3. The van der Waals surface area contributed by atoms with E-state index < -0.39 is 0 Å². The zero-order chi connectivity index (χ0) is 13.5. The molecule has 0 fully saturated rings. The summed E-state index contributed by atoms with van der Waals surface area (Å²) in [6.45, 7) is 0. The van der Waals surface area contributed by atoms with Gasteiger partial charge in [-0.15, -0.1) is 0 Å². The monoisotopic (exact) mass is 361 g/mol. The summed E-state index contributed by atoms with van der Waals surface area (Å²) in [4.78, 5) is 0. The second-order valence-corrected chi connectivity index (χ2v) is 5.14. The van der Waals surface area contributed by atoms with Crippen LogP contribution in [0, 0.1) is 11.3 Å². The van der Waals surface area contributed by atoms with Gasteiger partial charge in [0.15, 0.2) is 0 Å². The predicted octanol–water partition coefficient (Wildman–Crippen LogP) is 3.62. The molecule has 2 aromatic carbocycles. The molecule has 94 valence electrons. The molecule has 0 saturated carbocycles. The molecule has 19 heavy (non-hydrogen) atoms. The van der Waals surface area contributed by atoms with Gasteiger partial charge in [-0.1, -0.05) is 65.1 Å². The van der Waals surface area contributed by atoms with Gasteiger partial charge in [-0.2, -0.15) is 10.4 Å². The Morgan fingerprint density at radius 3 is 2.68 bits per heavy atom. The van der Waals surface area contributed by atoms with Crippen molar-refractivity contribution < 1.29 is 0 Å². The van der Waals surface area contributed by atoms with E-state index in [1.807, 2.05) is 48.5 Å². The highest BCUT2D eigenvalue weighted by Crippen LogP contribution is 2.20. The van der Waals surface area contributed by atoms with Crippen molar-refractivity contribution >= 4 is 28.8 Å². The number of nitriles is 1. The summed E-state index contributed by atoms with van der Waals surface area (Å²) in [7, 11) is 0. The van der Waals surface area contributed by atoms with E-state index in [1.165, 1.54) is 0 Å². The molecule has 2 aromatic rings. The van der Waals surface area contributed by atoms with Crippen LogP contribution in [0.4, 0.5) is 0 Å². The Labute approximate surface area is 126 Å². The van der Waals surface area contributed by atoms with Crippen molar-refractivity contribution in [2.24, 2.45) is 5.10 Å². The average Bonchev–Trinajstić information content (AvgIpc) is 2.48. The number of hydrazone groups is 1. The summed E-state index contributed by atoms with van der Waals surface area (Å²) in [5, 5.41) is 13.1. The van der Waals surface area contributed by atoms with Crippen LogP contribution >= 0.6 is 22.6 Å². The molecule has 0 aliphatic rings. The number of benzene rings is 2. The smallest absolute Gasteiger partial charge is 0.120 e. The molecular formula is C15H12IN3. The first-order valence-corrected chi connectivity index (χ1v) is 7.02. The molecule has 1 N–H and O–H groups in total. The molecule has 0 amide bonds. The number of rotatable bonds is 4. The molecule has 0 spiro atoms. The first-order valence-electron chi connectivity index (χ1n) is 5.77. The van der Waals surface area contributed by atoms with Crippen LogP contribution in [0.3, 0.4) is 0 Å². The minimum absolute atomic E-state index is 0.0332. The van der Waals surface area contributed by atoms with E-state index in [1.54, 1.807) is 12.3 Å². The van der Waals surface area contributed by atoms with Gasteiger partial charge in [-0.25, -0.2) is 0 Å². The third-order valence-electron chi connectivity index (χ3n) is 2.51. The lowest BCUT2D eigenvalue weighted by molar-refractivity contribution is 0.753. The molecule has 0 bridgehead atoms. The summed E-state index contributed by atoms with van der Waals surface area (Å²) in [5.74, 6) is 0. The summed E-state index contributed by atoms with van der Waals surface area (Å²) in [6, 6.07) is 19.5. The van der Waals surface area contributed by atoms with E-state index in [2.05, 4.69) is 39.2 Å². The molecule has 0 saturated heterocycles. The molecule has 0 heterocycles. The van der Waals surface area contributed by atoms with Gasteiger partial charge in [0.05, 0.1) is 17.8 Å². The molecule has 3 nitrogen and oxygen atoms in total. The molecule has 0 aromatic heterocycles. The molecule has 2 rings (SSSR count). The number of nitrogens with zero attached hydrogens (tertiary/aromatic N) is 2. The third-order valence-corrected chi connectivity index (χ3v) is 3.51. The number of alkyl halides is 1. The van der Waals surface area contributed by atoms with Crippen molar-refractivity contribution in [1.29, 1.82) is 5.26 Å². The van der Waals surface area contributed by atoms with E-state index in [-0.39, 0.29) is 4.05 Å². The molecule has 0 radical (unpaired) electrons. The van der Waals surface area contributed by atoms with Gasteiger partial charge < -0.3 is 0 Å². The van der Waals surface area contributed by atoms with Crippen LogP contribution in [0.2, 0.25) is 0 Å². The number of nitrogens with one attached hydrogen (secondary N) is 1. The number of halogens is 1. The van der Waals surface area contributed by atoms with Gasteiger partial charge >= 0.3 is 0 Å². The lowest BCUT2D eigenvalue weighted by Gasteiger charge is -2.09. The lowest BCUT2D eigenvalue weighted by atomic mass is 10.1. The van der Waals surface area contributed by atoms with Crippen molar-refractivity contribution in [3.05, 3.63) is 71.3 Å². The Morgan fingerprint density at radius 2 is 1.95 bits per heavy atom. The minimum atomic E-state index is 0.0332. The quantitative estimate of drug-likeness (QED) is 0.297. The zero-order valence-electron chi connectivity index (χ0n) is 10.1. The standard InChI is InChI=1S/C15H12IN3/c16-15(14-8-4-7-13(9-14)10-17)19-18-11-12-5-2-1-3-6-12/h1-9,11,15,19H/b18-11+. The largest absolute Gasteiger partial charge is 0.293 e. The summed E-state index contributed by atoms with van der Waals surface area (Å²) in [6.07, 6.45) is 1.78. The fourth-order valence-electron chi connectivity index (χ4n) is 1.56. The Bertz CT molecular complexity index is 602. The topological polar surface area (TPSA) is 48.2 Å². The minimum Gasteiger partial charge on any atom is -0.293 e. The third kappa shape index (κ3) is 4.07. The van der Waals surface area contributed by atoms with E-state index in [0.717, 1.165) is 11.1 Å². The van der Waals surface area contributed by atoms with Gasteiger partial charge in [-0.3, -0.25) is 5.43 Å². The SMILES string of the molecule is N#Cc1cccc(C(I)N/N=C/c2ccccc2)c1. The number of hydrogen-bond donors (Lipinski definition) is 1. The van der Waals surface area contributed by atoms with Gasteiger partial charge in [0, 0.05) is 0 Å². The maximum Gasteiger partial charge on any atom is 0.120 e. The van der Waals surface area contributed by atoms with Crippen molar-refractivity contribution in [2.75, 3.05) is 0 Å².